The van der Waals surface area contributed by atoms with E-state index in [-0.39, 0.29) is 12.0 Å². The van der Waals surface area contributed by atoms with E-state index in [0.717, 1.165) is 52.1 Å². The van der Waals surface area contributed by atoms with Gasteiger partial charge >= 0.3 is 5.97 Å². The number of H-pyrrole nitrogens is 1. The summed E-state index contributed by atoms with van der Waals surface area (Å²) in [5, 5.41) is 37.7. The number of carbonyl (C=O) groups excluding carboxylic acids is 2. The second-order valence-electron chi connectivity index (χ2n) is 17.4. The van der Waals surface area contributed by atoms with E-state index in [1.165, 1.54) is 7.11 Å². The van der Waals surface area contributed by atoms with E-state index in [1.807, 2.05) is 50.1 Å². The number of hydrogen-bond donors (Lipinski definition) is 5. The van der Waals surface area contributed by atoms with Crippen molar-refractivity contribution in [2.75, 3.05) is 58.9 Å². The number of aliphatic hydroxyl groups is 3. The molecule has 294 valence electrons. The molecule has 55 heavy (non-hydrogen) atoms. The van der Waals surface area contributed by atoms with E-state index < -0.39 is 52.0 Å². The standard InChI is InChI=1S/C43H55N5O7/c1-6-25-12-16-48-17-14-41-28-18-29(32(54-4)19-31(28)46(3)37(41)43(53,38(44)50)36(49)33(25)35(41)48)42(39(51)55-5)21-24-20-40(52,7-2)23-47(22-24)15-13-27-26-10-8-9-11-30(26)45-34(27)42/h8-12,18-19,24,33,35-37,45,49,52-53H,6-7,13-17,20-23H2,1-5H3,(H2,44,50)/t24?,33?,35-,36+,37+,40?,41+,42-,43+/m0/s1. The van der Waals surface area contributed by atoms with E-state index in [0.29, 0.717) is 69.5 Å². The molecule has 3 aromatic rings. The van der Waals surface area contributed by atoms with Crippen LogP contribution in [-0.2, 0) is 31.6 Å². The maximum atomic E-state index is 15.2. The number of likely N-dealkylation sites (N-methyl/N-ethyl adjacent to an activating group) is 1. The van der Waals surface area contributed by atoms with Crippen molar-refractivity contribution in [1.29, 1.82) is 0 Å². The first-order chi connectivity index (χ1) is 26.3. The zero-order valence-corrected chi connectivity index (χ0v) is 32.6. The number of para-hydroxylation sites is 1. The number of esters is 1. The number of hydrogen-bond acceptors (Lipinski definition) is 10. The Bertz CT molecular complexity index is 2120. The Kier molecular flexibility index (Phi) is 8.36. The van der Waals surface area contributed by atoms with Gasteiger partial charge in [-0.15, -0.1) is 0 Å². The monoisotopic (exact) mass is 753 g/mol. The van der Waals surface area contributed by atoms with E-state index in [1.54, 1.807) is 7.11 Å². The van der Waals surface area contributed by atoms with Gasteiger partial charge in [0.1, 0.15) is 17.3 Å². The molecule has 5 aliphatic heterocycles. The number of aromatic nitrogens is 1. The fraction of sp³-hybridized carbons (Fsp3) is 0.581. The summed E-state index contributed by atoms with van der Waals surface area (Å²) in [4.78, 5) is 39.2. The Balaban J connectivity index is 1.35. The molecule has 2 aromatic carbocycles. The molecule has 1 saturated carbocycles. The third-order valence-corrected chi connectivity index (χ3v) is 15.0. The van der Waals surface area contributed by atoms with Gasteiger partial charge in [0.05, 0.1) is 25.9 Å². The first kappa shape index (κ1) is 36.7. The molecule has 6 aliphatic rings. The summed E-state index contributed by atoms with van der Waals surface area (Å²) in [6.07, 6.45) is 4.12. The lowest BCUT2D eigenvalue weighted by Crippen LogP contribution is -2.78. The molecule has 2 bridgehead atoms. The van der Waals surface area contributed by atoms with Crippen molar-refractivity contribution < 1.29 is 34.4 Å². The van der Waals surface area contributed by atoms with Gasteiger partial charge in [0.25, 0.3) is 5.91 Å². The minimum atomic E-state index is -2.28. The molecule has 1 spiro atoms. The van der Waals surface area contributed by atoms with Crippen LogP contribution in [0.15, 0.2) is 48.0 Å². The lowest BCUT2D eigenvalue weighted by atomic mass is 9.52. The second-order valence-corrected chi connectivity index (χ2v) is 17.4. The van der Waals surface area contributed by atoms with Gasteiger partial charge in [-0.25, -0.2) is 0 Å². The SMILES string of the molecule is CCC1=CCN2CC[C@]34c5cc([C@@]6(C(=O)OC)CC7CN(CCc8c6[nH]c6ccccc86)CC(O)(CC)C7)c(OC)cc5N(C)[C@H]3[C@@](O)(C(N)=O)[C@H](O)C1[C@H]24. The maximum absolute atomic E-state index is 15.2. The van der Waals surface area contributed by atoms with Crippen LogP contribution in [0.25, 0.3) is 10.9 Å². The average Bonchev–Trinajstić information content (AvgIpc) is 3.84. The number of primary amides is 1. The molecule has 1 amide bonds. The smallest absolute Gasteiger partial charge is 0.322 e. The summed E-state index contributed by atoms with van der Waals surface area (Å²) in [6.45, 7) is 7.49. The number of carbonyl (C=O) groups is 2. The Hall–Kier alpha value is -3.94. The molecule has 6 heterocycles. The Morgan fingerprint density at radius 3 is 2.56 bits per heavy atom. The predicted octanol–water partition coefficient (Wildman–Crippen LogP) is 2.73. The highest BCUT2D eigenvalue weighted by molar-refractivity contribution is 5.95. The minimum absolute atomic E-state index is 0.0755. The lowest BCUT2D eigenvalue weighted by molar-refractivity contribution is -0.180. The van der Waals surface area contributed by atoms with Crippen LogP contribution >= 0.6 is 0 Å². The zero-order valence-electron chi connectivity index (χ0n) is 32.6. The Labute approximate surface area is 322 Å². The van der Waals surface area contributed by atoms with Gasteiger partial charge in [-0.3, -0.25) is 19.4 Å². The van der Waals surface area contributed by atoms with Gasteiger partial charge < -0.3 is 40.4 Å². The molecule has 3 fully saturated rings. The fourth-order valence-corrected chi connectivity index (χ4v) is 12.8. The first-order valence-electron chi connectivity index (χ1n) is 20.0. The molecule has 12 heteroatoms. The molecule has 12 nitrogen and oxygen atoms in total. The third-order valence-electron chi connectivity index (χ3n) is 15.0. The van der Waals surface area contributed by atoms with Gasteiger partial charge in [0.15, 0.2) is 5.60 Å². The van der Waals surface area contributed by atoms with Crippen LogP contribution in [0.2, 0.25) is 0 Å². The minimum Gasteiger partial charge on any atom is -0.496 e. The van der Waals surface area contributed by atoms with Crippen LogP contribution in [0, 0.1) is 11.8 Å². The Morgan fingerprint density at radius 1 is 1.07 bits per heavy atom. The van der Waals surface area contributed by atoms with Crippen LogP contribution in [0.5, 0.6) is 5.75 Å². The van der Waals surface area contributed by atoms with Gasteiger partial charge in [0, 0.05) is 84.5 Å². The van der Waals surface area contributed by atoms with E-state index in [2.05, 4.69) is 33.0 Å². The average molecular weight is 754 g/mol. The van der Waals surface area contributed by atoms with Crippen molar-refractivity contribution in [3.63, 3.8) is 0 Å². The van der Waals surface area contributed by atoms with Crippen molar-refractivity contribution in [3.8, 4) is 5.75 Å². The highest BCUT2D eigenvalue weighted by Gasteiger charge is 2.75. The number of anilines is 1. The second kappa shape index (κ2) is 12.5. The number of aliphatic hydroxyl groups excluding tert-OH is 1. The highest BCUT2D eigenvalue weighted by atomic mass is 16.5. The number of rotatable bonds is 6. The molecule has 4 unspecified atom stereocenters. The number of nitrogens with zero attached hydrogens (tertiary/aromatic N) is 3. The Morgan fingerprint density at radius 2 is 1.85 bits per heavy atom. The molecular weight excluding hydrogens is 699 g/mol. The van der Waals surface area contributed by atoms with Crippen molar-refractivity contribution in [1.82, 2.24) is 14.8 Å². The van der Waals surface area contributed by atoms with Gasteiger partial charge in [-0.2, -0.15) is 0 Å². The maximum Gasteiger partial charge on any atom is 0.322 e. The molecule has 0 radical (unpaired) electrons. The largest absolute Gasteiger partial charge is 0.496 e. The van der Waals surface area contributed by atoms with Gasteiger partial charge in [-0.05, 0) is 74.2 Å². The van der Waals surface area contributed by atoms with Crippen LogP contribution in [-0.4, -0.2) is 125 Å². The number of amides is 1. The third kappa shape index (κ3) is 4.69. The quantitative estimate of drug-likeness (QED) is 0.187. The summed E-state index contributed by atoms with van der Waals surface area (Å²) in [5.74, 6) is -1.51. The van der Waals surface area contributed by atoms with Crippen molar-refractivity contribution >= 4 is 28.5 Å². The van der Waals surface area contributed by atoms with Crippen molar-refractivity contribution in [2.24, 2.45) is 17.6 Å². The van der Waals surface area contributed by atoms with Crippen LogP contribution in [0.1, 0.15) is 68.3 Å². The number of fused-ring (bicyclic) bond motifs is 6. The fourth-order valence-electron chi connectivity index (χ4n) is 12.8. The van der Waals surface area contributed by atoms with E-state index >= 15 is 4.79 Å². The molecule has 1 aliphatic carbocycles. The van der Waals surface area contributed by atoms with Crippen molar-refractivity contribution in [2.45, 2.75) is 92.6 Å². The zero-order chi connectivity index (χ0) is 38.8. The number of piperidine rings is 1. The van der Waals surface area contributed by atoms with Gasteiger partial charge in [0.2, 0.25) is 0 Å². The summed E-state index contributed by atoms with van der Waals surface area (Å²) >= 11 is 0. The lowest BCUT2D eigenvalue weighted by Gasteiger charge is -2.59. The summed E-state index contributed by atoms with van der Waals surface area (Å²) < 4.78 is 12.2. The number of aromatic amines is 1. The number of nitrogens with two attached hydrogens (primary N) is 1. The molecular formula is C43H55N5O7. The number of nitrogens with one attached hydrogen (secondary N) is 1. The van der Waals surface area contributed by atoms with Gasteiger partial charge in [-0.1, -0.05) is 43.7 Å². The molecule has 10 atom stereocenters. The predicted molar refractivity (Wildman–Crippen MR) is 208 cm³/mol. The summed E-state index contributed by atoms with van der Waals surface area (Å²) in [6, 6.07) is 11.1. The molecule has 9 rings (SSSR count). The molecule has 6 N–H and O–H groups in total. The summed E-state index contributed by atoms with van der Waals surface area (Å²) in [7, 11) is 4.90. The first-order valence-corrected chi connectivity index (χ1v) is 20.0. The number of methoxy groups -OCH3 is 2. The van der Waals surface area contributed by atoms with E-state index in [9.17, 15) is 20.1 Å². The normalized spacial score (nSPS) is 37.8. The van der Waals surface area contributed by atoms with Crippen LogP contribution in [0.3, 0.4) is 0 Å². The number of ether oxygens (including phenoxy) is 2. The summed E-state index contributed by atoms with van der Waals surface area (Å²) in [5.41, 5.74) is 6.77. The van der Waals surface area contributed by atoms with Crippen molar-refractivity contribution in [3.05, 3.63) is 70.4 Å². The molecule has 2 saturated heterocycles. The topological polar surface area (TPSA) is 165 Å². The van der Waals surface area contributed by atoms with Crippen LogP contribution < -0.4 is 15.4 Å². The highest BCUT2D eigenvalue weighted by Crippen LogP contribution is 2.65. The number of benzene rings is 2. The van der Waals surface area contributed by atoms with E-state index in [4.69, 9.17) is 15.2 Å². The van der Waals surface area contributed by atoms with Crippen LogP contribution in [0.4, 0.5) is 5.69 Å². The molecule has 1 aromatic heterocycles.